The van der Waals surface area contributed by atoms with Crippen LogP contribution in [0.5, 0.6) is 17.2 Å². The number of ether oxygens (including phenoxy) is 1. The largest absolute Gasteiger partial charge is 0.505 e. The van der Waals surface area contributed by atoms with Crippen LogP contribution in [0.1, 0.15) is 10.5 Å². The third-order valence-electron chi connectivity index (χ3n) is 3.38. The van der Waals surface area contributed by atoms with Gasteiger partial charge in [0.2, 0.25) is 0 Å². The molecule has 1 aromatic heterocycles. The molecular formula is C18H14N2O4. The average Bonchev–Trinajstić information content (AvgIpc) is 2.61. The van der Waals surface area contributed by atoms with Crippen molar-refractivity contribution >= 4 is 23.0 Å². The summed E-state index contributed by atoms with van der Waals surface area (Å²) in [6.45, 7) is -0.137. The molecule has 0 spiro atoms. The van der Waals surface area contributed by atoms with E-state index < -0.39 is 5.91 Å². The second-order valence-corrected chi connectivity index (χ2v) is 5.00. The molecule has 24 heavy (non-hydrogen) atoms. The van der Waals surface area contributed by atoms with E-state index in [1.165, 1.54) is 6.20 Å². The predicted molar refractivity (Wildman–Crippen MR) is 88.3 cm³/mol. The number of hydrogen-bond donors (Lipinski definition) is 2. The van der Waals surface area contributed by atoms with E-state index in [1.807, 2.05) is 30.3 Å². The van der Waals surface area contributed by atoms with Gasteiger partial charge in [0.05, 0.1) is 6.54 Å². The number of fused-ring (bicyclic) bond motifs is 1. The third-order valence-corrected chi connectivity index (χ3v) is 3.38. The van der Waals surface area contributed by atoms with Crippen molar-refractivity contribution in [2.45, 2.75) is 0 Å². The molecule has 1 heterocycles. The zero-order valence-corrected chi connectivity index (χ0v) is 12.6. The molecule has 0 bridgehead atoms. The number of nitrogens with zero attached hydrogens (tertiary/aromatic N) is 1. The molecule has 3 aromatic rings. The number of carbonyl (C=O) groups excluding carboxylic acids is 2. The van der Waals surface area contributed by atoms with E-state index in [4.69, 9.17) is 4.74 Å². The first-order valence-corrected chi connectivity index (χ1v) is 7.25. The highest BCUT2D eigenvalue weighted by molar-refractivity contribution is 6.02. The lowest BCUT2D eigenvalue weighted by atomic mass is 10.1. The molecule has 0 unspecified atom stereocenters. The molecule has 1 amide bonds. The highest BCUT2D eigenvalue weighted by atomic mass is 16.5. The summed E-state index contributed by atoms with van der Waals surface area (Å²) in [6, 6.07) is 14.4. The number of hydrogen-bond acceptors (Lipinski definition) is 5. The van der Waals surface area contributed by atoms with Crippen molar-refractivity contribution in [3.8, 4) is 17.2 Å². The topological polar surface area (TPSA) is 88.5 Å². The Bertz CT molecular complexity index is 894. The highest BCUT2D eigenvalue weighted by Gasteiger charge is 2.15. The molecule has 0 fully saturated rings. The maximum Gasteiger partial charge on any atom is 0.274 e. The van der Waals surface area contributed by atoms with E-state index in [0.29, 0.717) is 28.6 Å². The van der Waals surface area contributed by atoms with Crippen LogP contribution in [0.25, 0.3) is 10.8 Å². The average molecular weight is 322 g/mol. The zero-order valence-electron chi connectivity index (χ0n) is 12.6. The van der Waals surface area contributed by atoms with Gasteiger partial charge in [0.25, 0.3) is 5.91 Å². The van der Waals surface area contributed by atoms with Crippen molar-refractivity contribution in [1.82, 2.24) is 10.3 Å². The Hall–Kier alpha value is -3.41. The Morgan fingerprint density at radius 1 is 1.17 bits per heavy atom. The smallest absolute Gasteiger partial charge is 0.274 e. The summed E-state index contributed by atoms with van der Waals surface area (Å²) in [7, 11) is 0. The monoisotopic (exact) mass is 322 g/mol. The van der Waals surface area contributed by atoms with Gasteiger partial charge in [0, 0.05) is 17.0 Å². The summed E-state index contributed by atoms with van der Waals surface area (Å²) in [4.78, 5) is 26.1. The lowest BCUT2D eigenvalue weighted by Crippen LogP contribution is -2.26. The van der Waals surface area contributed by atoms with E-state index in [1.54, 1.807) is 18.2 Å². The fourth-order valence-corrected chi connectivity index (χ4v) is 2.26. The number of pyridine rings is 1. The van der Waals surface area contributed by atoms with Crippen molar-refractivity contribution in [3.63, 3.8) is 0 Å². The maximum atomic E-state index is 11.9. The van der Waals surface area contributed by atoms with E-state index >= 15 is 0 Å². The van der Waals surface area contributed by atoms with Crippen LogP contribution in [0.3, 0.4) is 0 Å². The van der Waals surface area contributed by atoms with Crippen LogP contribution in [-0.4, -0.2) is 28.8 Å². The number of aromatic nitrogens is 1. The van der Waals surface area contributed by atoms with Gasteiger partial charge in [-0.3, -0.25) is 4.79 Å². The molecular weight excluding hydrogens is 308 g/mol. The Labute approximate surface area is 137 Å². The first-order chi connectivity index (χ1) is 11.7. The van der Waals surface area contributed by atoms with Gasteiger partial charge in [-0.1, -0.05) is 18.2 Å². The van der Waals surface area contributed by atoms with Crippen LogP contribution in [0, 0.1) is 0 Å². The first-order valence-electron chi connectivity index (χ1n) is 7.25. The van der Waals surface area contributed by atoms with Crippen LogP contribution in [0.2, 0.25) is 0 Å². The Morgan fingerprint density at radius 3 is 2.71 bits per heavy atom. The molecule has 0 radical (unpaired) electrons. The third kappa shape index (κ3) is 3.17. The van der Waals surface area contributed by atoms with Crippen molar-refractivity contribution in [2.24, 2.45) is 0 Å². The molecule has 3 rings (SSSR count). The quantitative estimate of drug-likeness (QED) is 0.705. The van der Waals surface area contributed by atoms with Gasteiger partial charge >= 0.3 is 0 Å². The summed E-state index contributed by atoms with van der Waals surface area (Å²) in [5.74, 6) is 0.445. The van der Waals surface area contributed by atoms with Gasteiger partial charge in [-0.15, -0.1) is 0 Å². The van der Waals surface area contributed by atoms with E-state index in [0.717, 1.165) is 0 Å². The molecule has 120 valence electrons. The van der Waals surface area contributed by atoms with E-state index in [2.05, 4.69) is 10.3 Å². The van der Waals surface area contributed by atoms with Crippen LogP contribution < -0.4 is 10.1 Å². The summed E-state index contributed by atoms with van der Waals surface area (Å²) in [5.41, 5.74) is -0.124. The minimum Gasteiger partial charge on any atom is -0.505 e. The molecule has 2 N–H and O–H groups in total. The number of aromatic hydroxyl groups is 1. The highest BCUT2D eigenvalue weighted by Crippen LogP contribution is 2.31. The molecule has 0 atom stereocenters. The van der Waals surface area contributed by atoms with Crippen LogP contribution in [0.4, 0.5) is 0 Å². The van der Waals surface area contributed by atoms with Gasteiger partial charge in [-0.25, -0.2) is 4.98 Å². The zero-order chi connectivity index (χ0) is 16.9. The molecule has 2 aromatic carbocycles. The maximum absolute atomic E-state index is 11.9. The minimum absolute atomic E-state index is 0.124. The summed E-state index contributed by atoms with van der Waals surface area (Å²) in [5, 5.41) is 13.7. The number of amides is 1. The van der Waals surface area contributed by atoms with Crippen molar-refractivity contribution in [2.75, 3.05) is 6.54 Å². The fourth-order valence-electron chi connectivity index (χ4n) is 2.26. The van der Waals surface area contributed by atoms with Crippen LogP contribution in [-0.2, 0) is 4.79 Å². The lowest BCUT2D eigenvalue weighted by molar-refractivity contribution is -0.107. The normalized spacial score (nSPS) is 10.3. The molecule has 6 nitrogen and oxygen atoms in total. The Kier molecular flexibility index (Phi) is 4.38. The van der Waals surface area contributed by atoms with Gasteiger partial charge < -0.3 is 20.0 Å². The van der Waals surface area contributed by atoms with Gasteiger partial charge in [-0.2, -0.15) is 0 Å². The van der Waals surface area contributed by atoms with Crippen molar-refractivity contribution < 1.29 is 19.4 Å². The fraction of sp³-hybridized carbons (Fsp3) is 0.0556. The number of nitrogens with one attached hydrogen (secondary N) is 1. The van der Waals surface area contributed by atoms with Gasteiger partial charge in [-0.05, 0) is 30.3 Å². The first kappa shape index (κ1) is 15.5. The van der Waals surface area contributed by atoms with Crippen LogP contribution >= 0.6 is 0 Å². The number of rotatable bonds is 5. The Morgan fingerprint density at radius 2 is 1.96 bits per heavy atom. The molecule has 0 aliphatic rings. The predicted octanol–water partition coefficient (Wildman–Crippen LogP) is 2.66. The summed E-state index contributed by atoms with van der Waals surface area (Å²) in [6.07, 6.45) is 2.03. The van der Waals surface area contributed by atoms with Crippen molar-refractivity contribution in [1.29, 1.82) is 0 Å². The molecule has 0 aliphatic carbocycles. The van der Waals surface area contributed by atoms with Crippen molar-refractivity contribution in [3.05, 3.63) is 60.4 Å². The van der Waals surface area contributed by atoms with E-state index in [9.17, 15) is 14.7 Å². The second kappa shape index (κ2) is 6.78. The summed E-state index contributed by atoms with van der Waals surface area (Å²) >= 11 is 0. The minimum atomic E-state index is -0.605. The van der Waals surface area contributed by atoms with E-state index in [-0.39, 0.29) is 18.0 Å². The molecule has 6 heteroatoms. The molecule has 0 saturated carbocycles. The number of para-hydroxylation sites is 1. The Balaban J connectivity index is 1.91. The summed E-state index contributed by atoms with van der Waals surface area (Å²) < 4.78 is 5.73. The standard InChI is InChI=1S/C18H14N2O4/c21-9-8-19-18(23)16-17(22)15-7-6-14(10-12(15)11-20-16)24-13-4-2-1-3-5-13/h1-7,9-11,22H,8H2,(H,19,23). The number of carbonyl (C=O) groups is 2. The lowest BCUT2D eigenvalue weighted by Gasteiger charge is -2.09. The molecule has 0 aliphatic heterocycles. The van der Waals surface area contributed by atoms with Gasteiger partial charge in [0.15, 0.2) is 11.4 Å². The molecule has 0 saturated heterocycles. The number of benzene rings is 2. The second-order valence-electron chi connectivity index (χ2n) is 5.00. The SMILES string of the molecule is O=CCNC(=O)c1ncc2cc(Oc3ccccc3)ccc2c1O. The number of aldehydes is 1. The van der Waals surface area contributed by atoms with Gasteiger partial charge in [0.1, 0.15) is 17.8 Å². The van der Waals surface area contributed by atoms with Crippen LogP contribution in [0.15, 0.2) is 54.7 Å².